The Bertz CT molecular complexity index is 988. The van der Waals surface area contributed by atoms with Gasteiger partial charge in [0.2, 0.25) is 10.0 Å². The largest absolute Gasteiger partial charge is 0.241 e. The van der Waals surface area contributed by atoms with Crippen molar-refractivity contribution in [3.8, 4) is 0 Å². The fraction of sp³-hybridized carbons (Fsp3) is 0.0909. The minimum Gasteiger partial charge on any atom is -0.207 e. The molecular weight excluding hydrogens is 422 g/mol. The maximum Gasteiger partial charge on any atom is 0.241 e. The lowest BCUT2D eigenvalue weighted by atomic mass is 9.88. The van der Waals surface area contributed by atoms with Gasteiger partial charge in [0.15, 0.2) is 0 Å². The third-order valence-electron chi connectivity index (χ3n) is 4.36. The molecule has 1 N–H and O–H groups in total. The van der Waals surface area contributed by atoms with Gasteiger partial charge in [0.05, 0.1) is 10.9 Å². The standard InChI is InChI=1S/C22H20BrNO2S/c1-2-21(17-9-5-3-6-10-17)22(18-11-7-4-8-12-18)24-27(25,26)20-15-13-19(23)14-16-20/h2-16,21-22,24H,1H2/t21-,22-/m0/s1. The Hall–Kier alpha value is -2.21. The molecule has 3 aromatic carbocycles. The topological polar surface area (TPSA) is 46.2 Å². The number of rotatable bonds is 7. The number of benzene rings is 3. The molecule has 0 unspecified atom stereocenters. The van der Waals surface area contributed by atoms with E-state index < -0.39 is 16.1 Å². The molecule has 0 aliphatic carbocycles. The summed E-state index contributed by atoms with van der Waals surface area (Å²) in [6.45, 7) is 3.96. The van der Waals surface area contributed by atoms with Gasteiger partial charge in [0, 0.05) is 10.4 Å². The van der Waals surface area contributed by atoms with Crippen LogP contribution in [0.1, 0.15) is 23.1 Å². The zero-order valence-electron chi connectivity index (χ0n) is 14.6. The molecule has 5 heteroatoms. The van der Waals surface area contributed by atoms with E-state index in [-0.39, 0.29) is 10.8 Å². The van der Waals surface area contributed by atoms with Crippen molar-refractivity contribution in [3.63, 3.8) is 0 Å². The first-order valence-electron chi connectivity index (χ1n) is 8.51. The molecule has 0 radical (unpaired) electrons. The van der Waals surface area contributed by atoms with Crippen LogP contribution in [0.2, 0.25) is 0 Å². The van der Waals surface area contributed by atoms with Crippen molar-refractivity contribution in [2.24, 2.45) is 0 Å². The molecule has 0 saturated carbocycles. The Labute approximate surface area is 168 Å². The van der Waals surface area contributed by atoms with Crippen molar-refractivity contribution in [2.75, 3.05) is 0 Å². The third-order valence-corrected chi connectivity index (χ3v) is 6.35. The van der Waals surface area contributed by atoms with Gasteiger partial charge in [-0.3, -0.25) is 0 Å². The van der Waals surface area contributed by atoms with Gasteiger partial charge in [-0.05, 0) is 35.4 Å². The molecule has 0 fully saturated rings. The minimum atomic E-state index is -3.71. The normalized spacial score (nSPS) is 13.7. The van der Waals surface area contributed by atoms with Crippen LogP contribution < -0.4 is 4.72 Å². The van der Waals surface area contributed by atoms with Gasteiger partial charge < -0.3 is 0 Å². The van der Waals surface area contributed by atoms with E-state index in [1.54, 1.807) is 30.3 Å². The Morgan fingerprint density at radius 2 is 1.33 bits per heavy atom. The number of hydrogen-bond donors (Lipinski definition) is 1. The average Bonchev–Trinajstić information content (AvgIpc) is 2.69. The van der Waals surface area contributed by atoms with E-state index in [4.69, 9.17) is 0 Å². The Balaban J connectivity index is 2.02. The first-order valence-corrected chi connectivity index (χ1v) is 10.8. The van der Waals surface area contributed by atoms with Gasteiger partial charge in [0.25, 0.3) is 0 Å². The lowest BCUT2D eigenvalue weighted by Crippen LogP contribution is -2.32. The third kappa shape index (κ3) is 4.75. The highest BCUT2D eigenvalue weighted by Crippen LogP contribution is 2.33. The van der Waals surface area contributed by atoms with Crippen LogP contribution in [0.5, 0.6) is 0 Å². The number of halogens is 1. The Morgan fingerprint density at radius 3 is 1.85 bits per heavy atom. The monoisotopic (exact) mass is 441 g/mol. The molecule has 0 spiro atoms. The van der Waals surface area contributed by atoms with E-state index in [2.05, 4.69) is 27.2 Å². The first-order chi connectivity index (χ1) is 13.0. The maximum atomic E-state index is 13.0. The van der Waals surface area contributed by atoms with E-state index in [0.717, 1.165) is 15.6 Å². The zero-order valence-corrected chi connectivity index (χ0v) is 17.0. The molecule has 138 valence electrons. The molecule has 0 saturated heterocycles. The van der Waals surface area contributed by atoms with Crippen molar-refractivity contribution in [3.05, 3.63) is 113 Å². The van der Waals surface area contributed by atoms with Crippen molar-refractivity contribution in [2.45, 2.75) is 16.9 Å². The first kappa shape index (κ1) is 19.5. The predicted molar refractivity (Wildman–Crippen MR) is 113 cm³/mol. The summed E-state index contributed by atoms with van der Waals surface area (Å²) in [5.74, 6) is -0.209. The highest BCUT2D eigenvalue weighted by molar-refractivity contribution is 9.10. The van der Waals surface area contributed by atoms with E-state index >= 15 is 0 Å². The molecule has 0 amide bonds. The summed E-state index contributed by atoms with van der Waals surface area (Å²) < 4.78 is 29.7. The molecule has 0 bridgehead atoms. The summed E-state index contributed by atoms with van der Waals surface area (Å²) in [6.07, 6.45) is 1.79. The second-order valence-corrected chi connectivity index (χ2v) is 8.77. The molecule has 0 aliphatic heterocycles. The zero-order chi connectivity index (χ0) is 19.3. The molecule has 3 nitrogen and oxygen atoms in total. The van der Waals surface area contributed by atoms with Gasteiger partial charge >= 0.3 is 0 Å². The van der Waals surface area contributed by atoms with Crippen molar-refractivity contribution in [1.82, 2.24) is 4.72 Å². The van der Waals surface area contributed by atoms with Crippen LogP contribution in [0.3, 0.4) is 0 Å². The van der Waals surface area contributed by atoms with Gasteiger partial charge in [-0.25, -0.2) is 13.1 Å². The second-order valence-electron chi connectivity index (χ2n) is 6.14. The van der Waals surface area contributed by atoms with Crippen LogP contribution in [0.4, 0.5) is 0 Å². The fourth-order valence-corrected chi connectivity index (χ4v) is 4.51. The summed E-state index contributed by atoms with van der Waals surface area (Å²) in [6, 6.07) is 25.5. The number of sulfonamides is 1. The molecule has 3 rings (SSSR count). The van der Waals surface area contributed by atoms with Crippen molar-refractivity contribution >= 4 is 26.0 Å². The van der Waals surface area contributed by atoms with Gasteiger partial charge in [-0.15, -0.1) is 6.58 Å². The van der Waals surface area contributed by atoms with Crippen LogP contribution in [0.25, 0.3) is 0 Å². The van der Waals surface area contributed by atoms with E-state index in [1.807, 2.05) is 60.7 Å². The fourth-order valence-electron chi connectivity index (χ4n) is 3.00. The van der Waals surface area contributed by atoms with Crippen LogP contribution in [0, 0.1) is 0 Å². The van der Waals surface area contributed by atoms with Crippen molar-refractivity contribution < 1.29 is 8.42 Å². The quantitative estimate of drug-likeness (QED) is 0.496. The second kappa shape index (κ2) is 8.65. The molecule has 0 aromatic heterocycles. The van der Waals surface area contributed by atoms with Crippen LogP contribution in [-0.4, -0.2) is 8.42 Å². The smallest absolute Gasteiger partial charge is 0.207 e. The number of nitrogens with one attached hydrogen (secondary N) is 1. The predicted octanol–water partition coefficient (Wildman–Crippen LogP) is 5.44. The number of hydrogen-bond acceptors (Lipinski definition) is 2. The molecule has 0 aliphatic rings. The minimum absolute atomic E-state index is 0.209. The molecule has 2 atom stereocenters. The molecule has 3 aromatic rings. The van der Waals surface area contributed by atoms with Crippen LogP contribution in [0.15, 0.2) is 107 Å². The van der Waals surface area contributed by atoms with Crippen molar-refractivity contribution in [1.29, 1.82) is 0 Å². The van der Waals surface area contributed by atoms with Gasteiger partial charge in [0.1, 0.15) is 0 Å². The average molecular weight is 442 g/mol. The van der Waals surface area contributed by atoms with E-state index in [9.17, 15) is 8.42 Å². The maximum absolute atomic E-state index is 13.0. The Kier molecular flexibility index (Phi) is 6.26. The van der Waals surface area contributed by atoms with E-state index in [0.29, 0.717) is 0 Å². The summed E-state index contributed by atoms with van der Waals surface area (Å²) in [5, 5.41) is 0. The molecule has 0 heterocycles. The Morgan fingerprint density at radius 1 is 0.815 bits per heavy atom. The summed E-state index contributed by atoms with van der Waals surface area (Å²) >= 11 is 3.34. The summed E-state index contributed by atoms with van der Waals surface area (Å²) in [4.78, 5) is 0.225. The van der Waals surface area contributed by atoms with E-state index in [1.165, 1.54) is 0 Å². The highest BCUT2D eigenvalue weighted by atomic mass is 79.9. The SMILES string of the molecule is C=C[C@@H](c1ccccc1)[C@@H](NS(=O)(=O)c1ccc(Br)cc1)c1ccccc1. The lowest BCUT2D eigenvalue weighted by molar-refractivity contribution is 0.536. The van der Waals surface area contributed by atoms with Gasteiger partial charge in [-0.2, -0.15) is 0 Å². The van der Waals surface area contributed by atoms with Crippen LogP contribution >= 0.6 is 15.9 Å². The van der Waals surface area contributed by atoms with Crippen LogP contribution in [-0.2, 0) is 10.0 Å². The summed E-state index contributed by atoms with van der Waals surface area (Å²) in [7, 11) is -3.71. The highest BCUT2D eigenvalue weighted by Gasteiger charge is 2.28. The lowest BCUT2D eigenvalue weighted by Gasteiger charge is -2.26. The summed E-state index contributed by atoms with van der Waals surface area (Å²) in [5.41, 5.74) is 1.88. The molecular formula is C22H20BrNO2S. The molecule has 27 heavy (non-hydrogen) atoms. The van der Waals surface area contributed by atoms with Gasteiger partial charge in [-0.1, -0.05) is 82.7 Å².